The molecule has 1 fully saturated rings. The van der Waals surface area contributed by atoms with Gasteiger partial charge in [-0.3, -0.25) is 0 Å². The molecule has 3 heterocycles. The number of piperazine rings is 1. The van der Waals surface area contributed by atoms with Gasteiger partial charge >= 0.3 is 0 Å². The first-order chi connectivity index (χ1) is 12.6. The Kier molecular flexibility index (Phi) is 6.05. The number of aromatic nitrogens is 2. The third-order valence-electron chi connectivity index (χ3n) is 4.38. The van der Waals surface area contributed by atoms with Crippen LogP contribution in [0.15, 0.2) is 42.7 Å². The normalized spacial score (nSPS) is 15.3. The SMILES string of the molecule is CCCS(=O)(=O)NCc1cccnc1N1CCN(c2ccccn2)CC1. The molecule has 2 aromatic rings. The van der Waals surface area contributed by atoms with Crippen LogP contribution in [-0.4, -0.2) is 50.3 Å². The van der Waals surface area contributed by atoms with Crippen molar-refractivity contribution < 1.29 is 8.42 Å². The maximum absolute atomic E-state index is 11.9. The van der Waals surface area contributed by atoms with E-state index >= 15 is 0 Å². The van der Waals surface area contributed by atoms with Gasteiger partial charge in [-0.1, -0.05) is 19.1 Å². The van der Waals surface area contributed by atoms with Gasteiger partial charge in [-0.15, -0.1) is 0 Å². The monoisotopic (exact) mass is 375 g/mol. The van der Waals surface area contributed by atoms with E-state index in [0.29, 0.717) is 6.42 Å². The Morgan fingerprint density at radius 1 is 1.00 bits per heavy atom. The average Bonchev–Trinajstić information content (AvgIpc) is 2.68. The largest absolute Gasteiger partial charge is 0.353 e. The molecule has 0 unspecified atom stereocenters. The van der Waals surface area contributed by atoms with Crippen LogP contribution in [0.25, 0.3) is 0 Å². The predicted molar refractivity (Wildman–Crippen MR) is 104 cm³/mol. The Morgan fingerprint density at radius 2 is 1.73 bits per heavy atom. The fraction of sp³-hybridized carbons (Fsp3) is 0.444. The fourth-order valence-electron chi connectivity index (χ4n) is 3.07. The summed E-state index contributed by atoms with van der Waals surface area (Å²) in [6, 6.07) is 9.71. The molecule has 26 heavy (non-hydrogen) atoms. The van der Waals surface area contributed by atoms with Gasteiger partial charge in [0.15, 0.2) is 0 Å². The van der Waals surface area contributed by atoms with Crippen LogP contribution >= 0.6 is 0 Å². The van der Waals surface area contributed by atoms with Gasteiger partial charge in [0.25, 0.3) is 0 Å². The van der Waals surface area contributed by atoms with Gasteiger partial charge in [-0.05, 0) is 24.6 Å². The first kappa shape index (κ1) is 18.6. The summed E-state index contributed by atoms with van der Waals surface area (Å²) in [5, 5.41) is 0. The second kappa shape index (κ2) is 8.46. The van der Waals surface area contributed by atoms with Crippen molar-refractivity contribution in [2.24, 2.45) is 0 Å². The molecular formula is C18H25N5O2S. The van der Waals surface area contributed by atoms with Crippen molar-refractivity contribution in [3.8, 4) is 0 Å². The Balaban J connectivity index is 1.65. The minimum absolute atomic E-state index is 0.144. The van der Waals surface area contributed by atoms with Crippen molar-refractivity contribution in [3.05, 3.63) is 48.3 Å². The average molecular weight is 375 g/mol. The van der Waals surface area contributed by atoms with E-state index in [1.165, 1.54) is 0 Å². The van der Waals surface area contributed by atoms with Gasteiger partial charge < -0.3 is 9.80 Å². The number of hydrogen-bond donors (Lipinski definition) is 1. The zero-order valence-corrected chi connectivity index (χ0v) is 15.8. The lowest BCUT2D eigenvalue weighted by Crippen LogP contribution is -2.47. The molecular weight excluding hydrogens is 350 g/mol. The molecule has 0 aliphatic carbocycles. The summed E-state index contributed by atoms with van der Waals surface area (Å²) in [6.45, 7) is 5.48. The zero-order valence-electron chi connectivity index (χ0n) is 15.0. The molecule has 0 amide bonds. The lowest BCUT2D eigenvalue weighted by atomic mass is 10.2. The summed E-state index contributed by atoms with van der Waals surface area (Å²) in [5.74, 6) is 1.99. The van der Waals surface area contributed by atoms with Gasteiger partial charge in [0, 0.05) is 50.7 Å². The lowest BCUT2D eigenvalue weighted by Gasteiger charge is -2.36. The smallest absolute Gasteiger partial charge is 0.211 e. The number of rotatable bonds is 7. The highest BCUT2D eigenvalue weighted by atomic mass is 32.2. The topological polar surface area (TPSA) is 78.4 Å². The van der Waals surface area contributed by atoms with E-state index < -0.39 is 10.0 Å². The van der Waals surface area contributed by atoms with E-state index in [4.69, 9.17) is 0 Å². The molecule has 0 saturated carbocycles. The molecule has 1 aliphatic rings. The van der Waals surface area contributed by atoms with Crippen molar-refractivity contribution in [2.75, 3.05) is 41.7 Å². The number of nitrogens with one attached hydrogen (secondary N) is 1. The molecule has 1 N–H and O–H groups in total. The minimum atomic E-state index is -3.23. The second-order valence-electron chi connectivity index (χ2n) is 6.29. The predicted octanol–water partition coefficient (Wildman–Crippen LogP) is 1.63. The molecule has 0 atom stereocenters. The maximum atomic E-state index is 11.9. The third kappa shape index (κ3) is 4.70. The zero-order chi connectivity index (χ0) is 18.4. The molecule has 7 nitrogen and oxygen atoms in total. The molecule has 1 aliphatic heterocycles. The van der Waals surface area contributed by atoms with Crippen LogP contribution in [0.3, 0.4) is 0 Å². The first-order valence-electron chi connectivity index (χ1n) is 8.91. The van der Waals surface area contributed by atoms with Gasteiger partial charge in [0.1, 0.15) is 11.6 Å². The highest BCUT2D eigenvalue weighted by Gasteiger charge is 2.21. The summed E-state index contributed by atoms with van der Waals surface area (Å²) in [5.41, 5.74) is 0.901. The molecule has 2 aromatic heterocycles. The highest BCUT2D eigenvalue weighted by Crippen LogP contribution is 2.21. The summed E-state index contributed by atoms with van der Waals surface area (Å²) >= 11 is 0. The van der Waals surface area contributed by atoms with Gasteiger partial charge in [0.05, 0.1) is 5.75 Å². The molecule has 0 bridgehead atoms. The van der Waals surface area contributed by atoms with E-state index in [1.54, 1.807) is 12.4 Å². The van der Waals surface area contributed by atoms with Gasteiger partial charge in [-0.2, -0.15) is 0 Å². The van der Waals surface area contributed by atoms with E-state index in [9.17, 15) is 8.42 Å². The summed E-state index contributed by atoms with van der Waals surface area (Å²) < 4.78 is 26.5. The number of sulfonamides is 1. The Morgan fingerprint density at radius 3 is 2.42 bits per heavy atom. The van der Waals surface area contributed by atoms with Crippen LogP contribution in [0.2, 0.25) is 0 Å². The molecule has 3 rings (SSSR count). The molecule has 0 spiro atoms. The van der Waals surface area contributed by atoms with Crippen molar-refractivity contribution in [3.63, 3.8) is 0 Å². The molecule has 8 heteroatoms. The summed E-state index contributed by atoms with van der Waals surface area (Å²) in [4.78, 5) is 13.4. The summed E-state index contributed by atoms with van der Waals surface area (Å²) in [6.07, 6.45) is 4.16. The molecule has 1 saturated heterocycles. The third-order valence-corrected chi connectivity index (χ3v) is 5.91. The molecule has 0 aromatic carbocycles. The fourth-order valence-corrected chi connectivity index (χ4v) is 4.13. The van der Waals surface area contributed by atoms with E-state index in [0.717, 1.165) is 43.4 Å². The Bertz CT molecular complexity index is 805. The molecule has 0 radical (unpaired) electrons. The van der Waals surface area contributed by atoms with E-state index in [1.807, 2.05) is 37.3 Å². The number of hydrogen-bond acceptors (Lipinski definition) is 6. The van der Waals surface area contributed by atoms with Crippen molar-refractivity contribution in [1.82, 2.24) is 14.7 Å². The molecule has 140 valence electrons. The van der Waals surface area contributed by atoms with Crippen molar-refractivity contribution in [2.45, 2.75) is 19.9 Å². The van der Waals surface area contributed by atoms with Crippen LogP contribution < -0.4 is 14.5 Å². The van der Waals surface area contributed by atoms with E-state index in [-0.39, 0.29) is 12.3 Å². The Labute approximate surface area is 155 Å². The van der Waals surface area contributed by atoms with Gasteiger partial charge in [-0.25, -0.2) is 23.1 Å². The van der Waals surface area contributed by atoms with Crippen LogP contribution in [0.5, 0.6) is 0 Å². The number of nitrogens with zero attached hydrogens (tertiary/aromatic N) is 4. The van der Waals surface area contributed by atoms with Crippen LogP contribution in [-0.2, 0) is 16.6 Å². The quantitative estimate of drug-likeness (QED) is 0.793. The number of anilines is 2. The van der Waals surface area contributed by atoms with Crippen LogP contribution in [0.4, 0.5) is 11.6 Å². The van der Waals surface area contributed by atoms with Crippen molar-refractivity contribution in [1.29, 1.82) is 0 Å². The van der Waals surface area contributed by atoms with Crippen LogP contribution in [0.1, 0.15) is 18.9 Å². The number of pyridine rings is 2. The standard InChI is InChI=1S/C18H25N5O2S/c1-2-14-26(24,25)21-15-16-6-5-9-20-18(16)23-12-10-22(11-13-23)17-7-3-4-8-19-17/h3-9,21H,2,10-15H2,1H3. The highest BCUT2D eigenvalue weighted by molar-refractivity contribution is 7.89. The minimum Gasteiger partial charge on any atom is -0.353 e. The Hall–Kier alpha value is -2.19. The van der Waals surface area contributed by atoms with Gasteiger partial charge in [0.2, 0.25) is 10.0 Å². The second-order valence-corrected chi connectivity index (χ2v) is 8.21. The van der Waals surface area contributed by atoms with E-state index in [2.05, 4.69) is 24.5 Å². The van der Waals surface area contributed by atoms with Crippen LogP contribution in [0, 0.1) is 0 Å². The lowest BCUT2D eigenvalue weighted by molar-refractivity contribution is 0.579. The van der Waals surface area contributed by atoms with Crippen molar-refractivity contribution >= 4 is 21.7 Å². The maximum Gasteiger partial charge on any atom is 0.211 e. The first-order valence-corrected chi connectivity index (χ1v) is 10.6. The summed E-state index contributed by atoms with van der Waals surface area (Å²) in [7, 11) is -3.23.